The smallest absolute Gasteiger partial charge is 0.287 e. The Bertz CT molecular complexity index is 901. The zero-order valence-electron chi connectivity index (χ0n) is 14.8. The van der Waals surface area contributed by atoms with Crippen LogP contribution in [0.5, 0.6) is 0 Å². The maximum absolute atomic E-state index is 12.5. The lowest BCUT2D eigenvalue weighted by Crippen LogP contribution is -2.41. The van der Waals surface area contributed by atoms with Gasteiger partial charge in [-0.1, -0.05) is 0 Å². The topological polar surface area (TPSA) is 109 Å². The number of hydrogen-bond acceptors (Lipinski definition) is 5. The van der Waals surface area contributed by atoms with Crippen molar-refractivity contribution in [3.63, 3.8) is 0 Å². The standard InChI is InChI=1S/C18H21N3O5S/c1-13(19-18(23)16-5-4-12-26-16)17(22)20-14-6-8-15(9-7-14)27(24,25)21-10-2-3-11-21/h4-9,12-13H,2-3,10-11H2,1H3,(H,19,23)(H,20,22)/t13-/m1/s1. The molecule has 1 aromatic heterocycles. The molecule has 2 amide bonds. The Morgan fingerprint density at radius 3 is 2.37 bits per heavy atom. The minimum absolute atomic E-state index is 0.117. The average Bonchev–Trinajstić information content (AvgIpc) is 3.36. The molecule has 8 nitrogen and oxygen atoms in total. The van der Waals surface area contributed by atoms with E-state index >= 15 is 0 Å². The van der Waals surface area contributed by atoms with E-state index in [-0.39, 0.29) is 10.7 Å². The number of anilines is 1. The van der Waals surface area contributed by atoms with Crippen molar-refractivity contribution in [2.24, 2.45) is 0 Å². The molecule has 0 radical (unpaired) electrons. The largest absolute Gasteiger partial charge is 0.459 e. The molecule has 2 heterocycles. The number of sulfonamides is 1. The molecule has 1 aliphatic rings. The minimum Gasteiger partial charge on any atom is -0.459 e. The lowest BCUT2D eigenvalue weighted by molar-refractivity contribution is -0.117. The predicted molar refractivity (Wildman–Crippen MR) is 98.7 cm³/mol. The average molecular weight is 391 g/mol. The first-order valence-electron chi connectivity index (χ1n) is 8.63. The van der Waals surface area contributed by atoms with Crippen LogP contribution in [0.1, 0.15) is 30.3 Å². The number of furan rings is 1. The Labute approximate surface area is 157 Å². The van der Waals surface area contributed by atoms with Gasteiger partial charge in [0, 0.05) is 18.8 Å². The number of amides is 2. The van der Waals surface area contributed by atoms with Crippen molar-refractivity contribution in [3.05, 3.63) is 48.4 Å². The van der Waals surface area contributed by atoms with Crippen molar-refractivity contribution >= 4 is 27.5 Å². The third kappa shape index (κ3) is 4.37. The molecule has 1 aromatic carbocycles. The van der Waals surface area contributed by atoms with E-state index in [1.165, 1.54) is 40.9 Å². The van der Waals surface area contributed by atoms with Crippen molar-refractivity contribution in [1.29, 1.82) is 0 Å². The normalized spacial score (nSPS) is 16.0. The van der Waals surface area contributed by atoms with E-state index in [0.29, 0.717) is 18.8 Å². The summed E-state index contributed by atoms with van der Waals surface area (Å²) in [6.07, 6.45) is 3.11. The molecule has 0 saturated carbocycles. The van der Waals surface area contributed by atoms with Crippen LogP contribution in [-0.4, -0.2) is 43.7 Å². The zero-order valence-corrected chi connectivity index (χ0v) is 15.7. The molecule has 1 atom stereocenters. The van der Waals surface area contributed by atoms with Crippen LogP contribution in [0.15, 0.2) is 52.0 Å². The Morgan fingerprint density at radius 2 is 1.78 bits per heavy atom. The summed E-state index contributed by atoms with van der Waals surface area (Å²) < 4.78 is 31.4. The number of carbonyl (C=O) groups is 2. The van der Waals surface area contributed by atoms with Gasteiger partial charge in [0.05, 0.1) is 11.2 Å². The molecular weight excluding hydrogens is 370 g/mol. The van der Waals surface area contributed by atoms with E-state index in [0.717, 1.165) is 12.8 Å². The van der Waals surface area contributed by atoms with Crippen LogP contribution < -0.4 is 10.6 Å². The van der Waals surface area contributed by atoms with Gasteiger partial charge in [0.1, 0.15) is 6.04 Å². The molecule has 0 spiro atoms. The van der Waals surface area contributed by atoms with Gasteiger partial charge < -0.3 is 15.1 Å². The van der Waals surface area contributed by atoms with Crippen molar-refractivity contribution in [2.45, 2.75) is 30.7 Å². The second kappa shape index (κ2) is 7.93. The highest BCUT2D eigenvalue weighted by atomic mass is 32.2. The first kappa shape index (κ1) is 19.1. The first-order valence-corrected chi connectivity index (χ1v) is 10.1. The molecule has 1 fully saturated rings. The molecule has 2 aromatic rings. The Kier molecular flexibility index (Phi) is 5.62. The molecule has 0 aliphatic carbocycles. The number of carbonyl (C=O) groups excluding carboxylic acids is 2. The maximum atomic E-state index is 12.5. The molecule has 2 N–H and O–H groups in total. The summed E-state index contributed by atoms with van der Waals surface area (Å²) in [7, 11) is -3.49. The fourth-order valence-corrected chi connectivity index (χ4v) is 4.30. The second-order valence-electron chi connectivity index (χ2n) is 6.30. The van der Waals surface area contributed by atoms with Gasteiger partial charge in [-0.3, -0.25) is 9.59 Å². The van der Waals surface area contributed by atoms with Crippen molar-refractivity contribution in [1.82, 2.24) is 9.62 Å². The third-order valence-electron chi connectivity index (χ3n) is 4.31. The summed E-state index contributed by atoms with van der Waals surface area (Å²) in [5.74, 6) is -0.800. The maximum Gasteiger partial charge on any atom is 0.287 e. The Balaban J connectivity index is 1.60. The van der Waals surface area contributed by atoms with E-state index in [1.54, 1.807) is 13.0 Å². The molecule has 1 aliphatic heterocycles. The highest BCUT2D eigenvalue weighted by molar-refractivity contribution is 7.89. The van der Waals surface area contributed by atoms with E-state index in [9.17, 15) is 18.0 Å². The highest BCUT2D eigenvalue weighted by Crippen LogP contribution is 2.22. The fraction of sp³-hybridized carbons (Fsp3) is 0.333. The molecular formula is C18H21N3O5S. The molecule has 144 valence electrons. The molecule has 1 saturated heterocycles. The van der Waals surface area contributed by atoms with E-state index in [1.807, 2.05) is 0 Å². The fourth-order valence-electron chi connectivity index (χ4n) is 2.78. The molecule has 9 heteroatoms. The summed E-state index contributed by atoms with van der Waals surface area (Å²) in [4.78, 5) is 24.3. The lowest BCUT2D eigenvalue weighted by atomic mass is 10.2. The van der Waals surface area contributed by atoms with Gasteiger partial charge in [0.25, 0.3) is 5.91 Å². The van der Waals surface area contributed by atoms with Crippen LogP contribution in [0.25, 0.3) is 0 Å². The van der Waals surface area contributed by atoms with E-state index < -0.39 is 27.9 Å². The highest BCUT2D eigenvalue weighted by Gasteiger charge is 2.27. The second-order valence-corrected chi connectivity index (χ2v) is 8.24. The van der Waals surface area contributed by atoms with Crippen LogP contribution in [0.4, 0.5) is 5.69 Å². The quantitative estimate of drug-likeness (QED) is 0.781. The monoisotopic (exact) mass is 391 g/mol. The summed E-state index contributed by atoms with van der Waals surface area (Å²) in [5, 5.41) is 5.18. The third-order valence-corrected chi connectivity index (χ3v) is 6.22. The first-order chi connectivity index (χ1) is 12.9. The summed E-state index contributed by atoms with van der Waals surface area (Å²) in [5.41, 5.74) is 0.444. The Hall–Kier alpha value is -2.65. The summed E-state index contributed by atoms with van der Waals surface area (Å²) in [6.45, 7) is 2.61. The number of rotatable bonds is 6. The zero-order chi connectivity index (χ0) is 19.4. The van der Waals surface area contributed by atoms with Gasteiger partial charge in [0.2, 0.25) is 15.9 Å². The van der Waals surface area contributed by atoms with Gasteiger partial charge >= 0.3 is 0 Å². The minimum atomic E-state index is -3.49. The summed E-state index contributed by atoms with van der Waals surface area (Å²) >= 11 is 0. The van der Waals surface area contributed by atoms with Crippen LogP contribution in [-0.2, 0) is 14.8 Å². The predicted octanol–water partition coefficient (Wildman–Crippen LogP) is 1.82. The summed E-state index contributed by atoms with van der Waals surface area (Å²) in [6, 6.07) is 8.28. The van der Waals surface area contributed by atoms with Crippen molar-refractivity contribution in [3.8, 4) is 0 Å². The lowest BCUT2D eigenvalue weighted by Gasteiger charge is -2.16. The van der Waals surface area contributed by atoms with Crippen LogP contribution >= 0.6 is 0 Å². The van der Waals surface area contributed by atoms with Crippen molar-refractivity contribution in [2.75, 3.05) is 18.4 Å². The van der Waals surface area contributed by atoms with Gasteiger partial charge in [0.15, 0.2) is 5.76 Å². The molecule has 0 bridgehead atoms. The number of nitrogens with one attached hydrogen (secondary N) is 2. The SMILES string of the molecule is C[C@@H](NC(=O)c1ccco1)C(=O)Nc1ccc(S(=O)(=O)N2CCCC2)cc1. The van der Waals surface area contributed by atoms with Gasteiger partial charge in [-0.05, 0) is 56.2 Å². The van der Waals surface area contributed by atoms with E-state index in [2.05, 4.69) is 10.6 Å². The van der Waals surface area contributed by atoms with Crippen LogP contribution in [0, 0.1) is 0 Å². The molecule has 27 heavy (non-hydrogen) atoms. The number of benzene rings is 1. The van der Waals surface area contributed by atoms with Gasteiger partial charge in [-0.25, -0.2) is 8.42 Å². The number of nitrogens with zero attached hydrogens (tertiary/aromatic N) is 1. The number of hydrogen-bond donors (Lipinski definition) is 2. The van der Waals surface area contributed by atoms with Crippen molar-refractivity contribution < 1.29 is 22.4 Å². The molecule has 0 unspecified atom stereocenters. The molecule has 3 rings (SSSR count). The van der Waals surface area contributed by atoms with E-state index in [4.69, 9.17) is 4.42 Å². The Morgan fingerprint density at radius 1 is 1.11 bits per heavy atom. The van der Waals surface area contributed by atoms with Gasteiger partial charge in [-0.15, -0.1) is 0 Å². The van der Waals surface area contributed by atoms with Crippen LogP contribution in [0.2, 0.25) is 0 Å². The van der Waals surface area contributed by atoms with Gasteiger partial charge in [-0.2, -0.15) is 4.31 Å². The van der Waals surface area contributed by atoms with Crippen LogP contribution in [0.3, 0.4) is 0 Å².